The van der Waals surface area contributed by atoms with Gasteiger partial charge in [0.05, 0.1) is 17.4 Å². The molecule has 6 heteroatoms. The van der Waals surface area contributed by atoms with Gasteiger partial charge in [-0.15, -0.1) is 0 Å². The van der Waals surface area contributed by atoms with E-state index in [-0.39, 0.29) is 11.3 Å². The maximum absolute atomic E-state index is 13.5. The van der Waals surface area contributed by atoms with Crippen LogP contribution in [0.5, 0.6) is 0 Å². The van der Waals surface area contributed by atoms with Crippen LogP contribution in [0.4, 0.5) is 10.1 Å². The molecule has 0 radical (unpaired) electrons. The molecule has 0 saturated heterocycles. The Morgan fingerprint density at radius 2 is 2.33 bits per heavy atom. The van der Waals surface area contributed by atoms with E-state index in [0.717, 1.165) is 11.6 Å². The number of hydrogen-bond acceptors (Lipinski definition) is 3. The molecule has 0 aliphatic carbocycles. The van der Waals surface area contributed by atoms with Gasteiger partial charge in [0.1, 0.15) is 5.82 Å². The van der Waals surface area contributed by atoms with E-state index >= 15 is 0 Å². The Bertz CT molecular complexity index is 580. The van der Waals surface area contributed by atoms with Gasteiger partial charge in [0, 0.05) is 25.4 Å². The number of halogens is 1. The largest absolute Gasteiger partial charge is 0.478 e. The fraction of sp³-hybridized carbons (Fsp3) is 0.167. The average Bonchev–Trinajstić information content (AvgIpc) is 2.74. The minimum Gasteiger partial charge on any atom is -0.478 e. The number of anilines is 1. The van der Waals surface area contributed by atoms with Crippen molar-refractivity contribution in [3.8, 4) is 0 Å². The summed E-state index contributed by atoms with van der Waals surface area (Å²) in [6.45, 7) is 0.383. The molecule has 2 rings (SSSR count). The highest BCUT2D eigenvalue weighted by Gasteiger charge is 2.08. The smallest absolute Gasteiger partial charge is 0.335 e. The van der Waals surface area contributed by atoms with E-state index in [9.17, 15) is 9.18 Å². The molecule has 5 nitrogen and oxygen atoms in total. The summed E-state index contributed by atoms with van der Waals surface area (Å²) in [5.74, 6) is -1.57. The van der Waals surface area contributed by atoms with Crippen LogP contribution in [0.25, 0.3) is 0 Å². The molecule has 1 heterocycles. The third-order valence-corrected chi connectivity index (χ3v) is 2.45. The minimum atomic E-state index is -1.08. The molecular weight excluding hydrogens is 237 g/mol. The topological polar surface area (TPSA) is 67.2 Å². The summed E-state index contributed by atoms with van der Waals surface area (Å²) in [5.41, 5.74) is 1.10. The minimum absolute atomic E-state index is 0.0464. The van der Waals surface area contributed by atoms with Gasteiger partial charge >= 0.3 is 5.97 Å². The molecule has 0 bridgehead atoms. The van der Waals surface area contributed by atoms with Crippen LogP contribution in [-0.2, 0) is 13.6 Å². The van der Waals surface area contributed by atoms with Crippen molar-refractivity contribution in [2.24, 2.45) is 7.05 Å². The van der Waals surface area contributed by atoms with Gasteiger partial charge in [-0.2, -0.15) is 5.10 Å². The van der Waals surface area contributed by atoms with Crippen molar-refractivity contribution in [3.63, 3.8) is 0 Å². The zero-order valence-electron chi connectivity index (χ0n) is 9.72. The van der Waals surface area contributed by atoms with Crippen molar-refractivity contribution in [2.75, 3.05) is 5.32 Å². The number of nitrogens with zero attached hydrogens (tertiary/aromatic N) is 2. The highest BCUT2D eigenvalue weighted by Crippen LogP contribution is 2.17. The second-order valence-corrected chi connectivity index (χ2v) is 3.88. The van der Waals surface area contributed by atoms with E-state index in [1.807, 2.05) is 0 Å². The Kier molecular flexibility index (Phi) is 3.27. The van der Waals surface area contributed by atoms with Gasteiger partial charge in [-0.1, -0.05) is 0 Å². The van der Waals surface area contributed by atoms with Crippen LogP contribution >= 0.6 is 0 Å². The van der Waals surface area contributed by atoms with Crippen LogP contribution in [0, 0.1) is 5.82 Å². The predicted molar refractivity (Wildman–Crippen MR) is 63.9 cm³/mol. The van der Waals surface area contributed by atoms with E-state index < -0.39 is 11.8 Å². The molecule has 0 spiro atoms. The summed E-state index contributed by atoms with van der Waals surface area (Å²) in [6, 6.07) is 3.63. The lowest BCUT2D eigenvalue weighted by Gasteiger charge is -2.07. The standard InChI is InChI=1S/C12H12FN3O2/c1-16-7-8(6-15-16)5-14-11-4-9(12(17)18)2-3-10(11)13/h2-4,6-7,14H,5H2,1H3,(H,17,18). The summed E-state index contributed by atoms with van der Waals surface area (Å²) in [5, 5.41) is 15.7. The molecule has 0 amide bonds. The van der Waals surface area contributed by atoms with Crippen molar-refractivity contribution in [2.45, 2.75) is 6.54 Å². The summed E-state index contributed by atoms with van der Waals surface area (Å²) in [7, 11) is 1.79. The Morgan fingerprint density at radius 1 is 1.56 bits per heavy atom. The second kappa shape index (κ2) is 4.87. The molecule has 18 heavy (non-hydrogen) atoms. The van der Waals surface area contributed by atoms with Gasteiger partial charge in [0.25, 0.3) is 0 Å². The van der Waals surface area contributed by atoms with Crippen molar-refractivity contribution in [3.05, 3.63) is 47.5 Å². The number of nitrogens with one attached hydrogen (secondary N) is 1. The number of carbonyl (C=O) groups is 1. The molecule has 0 aliphatic heterocycles. The van der Waals surface area contributed by atoms with E-state index in [2.05, 4.69) is 10.4 Å². The molecule has 1 aromatic heterocycles. The van der Waals surface area contributed by atoms with Gasteiger partial charge in [0.15, 0.2) is 0 Å². The van der Waals surface area contributed by atoms with Gasteiger partial charge < -0.3 is 10.4 Å². The van der Waals surface area contributed by atoms with Crippen LogP contribution in [0.15, 0.2) is 30.6 Å². The zero-order valence-corrected chi connectivity index (χ0v) is 9.72. The number of aryl methyl sites for hydroxylation is 1. The van der Waals surface area contributed by atoms with E-state index in [1.165, 1.54) is 12.1 Å². The number of benzene rings is 1. The van der Waals surface area contributed by atoms with Crippen LogP contribution in [0.2, 0.25) is 0 Å². The van der Waals surface area contributed by atoms with Crippen molar-refractivity contribution in [1.29, 1.82) is 0 Å². The molecule has 0 atom stereocenters. The average molecular weight is 249 g/mol. The summed E-state index contributed by atoms with van der Waals surface area (Å²) in [4.78, 5) is 10.8. The SMILES string of the molecule is Cn1cc(CNc2cc(C(=O)O)ccc2F)cn1. The fourth-order valence-electron chi connectivity index (χ4n) is 1.55. The van der Waals surface area contributed by atoms with Crippen LogP contribution in [0.3, 0.4) is 0 Å². The van der Waals surface area contributed by atoms with Crippen molar-refractivity contribution < 1.29 is 14.3 Å². The third kappa shape index (κ3) is 2.65. The van der Waals surface area contributed by atoms with Crippen LogP contribution < -0.4 is 5.32 Å². The molecule has 94 valence electrons. The quantitative estimate of drug-likeness (QED) is 0.868. The lowest BCUT2D eigenvalue weighted by atomic mass is 10.2. The number of carboxylic acid groups (broad SMARTS) is 1. The maximum atomic E-state index is 13.5. The normalized spacial score (nSPS) is 10.3. The van der Waals surface area contributed by atoms with E-state index in [1.54, 1.807) is 24.1 Å². The zero-order chi connectivity index (χ0) is 13.1. The Labute approximate surface area is 103 Å². The number of carboxylic acids is 1. The number of rotatable bonds is 4. The maximum Gasteiger partial charge on any atom is 0.335 e. The molecular formula is C12H12FN3O2. The van der Waals surface area contributed by atoms with E-state index in [4.69, 9.17) is 5.11 Å². The molecule has 0 fully saturated rings. The lowest BCUT2D eigenvalue weighted by Crippen LogP contribution is -2.03. The summed E-state index contributed by atoms with van der Waals surface area (Å²) < 4.78 is 15.1. The van der Waals surface area contributed by atoms with Gasteiger partial charge in [-0.25, -0.2) is 9.18 Å². The monoisotopic (exact) mass is 249 g/mol. The number of hydrogen-bond donors (Lipinski definition) is 2. The first-order valence-electron chi connectivity index (χ1n) is 5.30. The Morgan fingerprint density at radius 3 is 2.94 bits per heavy atom. The summed E-state index contributed by atoms with van der Waals surface area (Å²) in [6.07, 6.45) is 3.46. The van der Waals surface area contributed by atoms with Crippen molar-refractivity contribution in [1.82, 2.24) is 9.78 Å². The third-order valence-electron chi connectivity index (χ3n) is 2.45. The van der Waals surface area contributed by atoms with Crippen molar-refractivity contribution >= 4 is 11.7 Å². The molecule has 0 saturated carbocycles. The molecule has 0 aliphatic rings. The predicted octanol–water partition coefficient (Wildman–Crippen LogP) is 1.87. The highest BCUT2D eigenvalue weighted by molar-refractivity contribution is 5.88. The first kappa shape index (κ1) is 12.1. The van der Waals surface area contributed by atoms with Crippen LogP contribution in [0.1, 0.15) is 15.9 Å². The molecule has 2 N–H and O–H groups in total. The fourth-order valence-corrected chi connectivity index (χ4v) is 1.55. The summed E-state index contributed by atoms with van der Waals surface area (Å²) >= 11 is 0. The molecule has 0 unspecified atom stereocenters. The number of aromatic carboxylic acids is 1. The van der Waals surface area contributed by atoms with Gasteiger partial charge in [0.2, 0.25) is 0 Å². The first-order valence-corrected chi connectivity index (χ1v) is 5.30. The van der Waals surface area contributed by atoms with Gasteiger partial charge in [-0.3, -0.25) is 4.68 Å². The first-order chi connectivity index (χ1) is 8.56. The highest BCUT2D eigenvalue weighted by atomic mass is 19.1. The number of aromatic nitrogens is 2. The van der Waals surface area contributed by atoms with Crippen LogP contribution in [-0.4, -0.2) is 20.9 Å². The molecule has 1 aromatic carbocycles. The molecule has 2 aromatic rings. The Balaban J connectivity index is 2.13. The van der Waals surface area contributed by atoms with E-state index in [0.29, 0.717) is 6.54 Å². The lowest BCUT2D eigenvalue weighted by molar-refractivity contribution is 0.0697. The van der Waals surface area contributed by atoms with Gasteiger partial charge in [-0.05, 0) is 18.2 Å². The Hall–Kier alpha value is -2.37. The second-order valence-electron chi connectivity index (χ2n) is 3.88.